The predicted molar refractivity (Wildman–Crippen MR) is 106 cm³/mol. The molecule has 27 heavy (non-hydrogen) atoms. The Morgan fingerprint density at radius 2 is 1.96 bits per heavy atom. The lowest BCUT2D eigenvalue weighted by molar-refractivity contribution is -0.139. The highest BCUT2D eigenvalue weighted by Crippen LogP contribution is 2.27. The molecule has 3 heterocycles. The molecule has 7 heteroatoms. The molecular weight excluding hydrogens is 342 g/mol. The second-order valence-corrected chi connectivity index (χ2v) is 8.06. The molecule has 0 radical (unpaired) electrons. The maximum absolute atomic E-state index is 12.9. The summed E-state index contributed by atoms with van der Waals surface area (Å²) in [6.07, 6.45) is 7.16. The molecule has 2 aliphatic rings. The van der Waals surface area contributed by atoms with Gasteiger partial charge >= 0.3 is 0 Å². The molecule has 0 aromatic carbocycles. The summed E-state index contributed by atoms with van der Waals surface area (Å²) in [6, 6.07) is -0.0431. The minimum absolute atomic E-state index is 0.0431. The lowest BCUT2D eigenvalue weighted by atomic mass is 9.95. The van der Waals surface area contributed by atoms with Crippen LogP contribution in [0.1, 0.15) is 37.9 Å². The van der Waals surface area contributed by atoms with Crippen molar-refractivity contribution in [3.05, 3.63) is 18.2 Å². The fourth-order valence-electron chi connectivity index (χ4n) is 4.17. The van der Waals surface area contributed by atoms with Crippen LogP contribution in [0.5, 0.6) is 0 Å². The molecule has 152 valence electrons. The Morgan fingerprint density at radius 3 is 2.63 bits per heavy atom. The van der Waals surface area contributed by atoms with Crippen LogP contribution in [0.3, 0.4) is 0 Å². The normalized spacial score (nSPS) is 21.0. The van der Waals surface area contributed by atoms with Crippen LogP contribution in [-0.4, -0.2) is 96.2 Å². The number of piperidine rings is 1. The molecule has 0 aliphatic carbocycles. The largest absolute Gasteiger partial charge is 0.379 e. The van der Waals surface area contributed by atoms with Crippen LogP contribution in [0, 0.1) is 0 Å². The van der Waals surface area contributed by atoms with Crippen LogP contribution in [0.2, 0.25) is 0 Å². The fraction of sp³-hybridized carbons (Fsp3) is 0.800. The Hall–Kier alpha value is -1.44. The zero-order valence-corrected chi connectivity index (χ0v) is 17.1. The topological polar surface area (TPSA) is 53.8 Å². The smallest absolute Gasteiger partial charge is 0.239 e. The summed E-state index contributed by atoms with van der Waals surface area (Å²) in [5.74, 6) is 1.92. The number of aromatic nitrogens is 2. The first-order valence-corrected chi connectivity index (χ1v) is 10.3. The first-order chi connectivity index (χ1) is 13.1. The number of morpholine rings is 1. The van der Waals surface area contributed by atoms with Crippen molar-refractivity contribution in [1.29, 1.82) is 0 Å². The Labute approximate surface area is 163 Å². The van der Waals surface area contributed by atoms with Gasteiger partial charge in [-0.1, -0.05) is 0 Å². The molecule has 1 aromatic rings. The number of amides is 1. The van der Waals surface area contributed by atoms with Crippen molar-refractivity contribution < 1.29 is 9.53 Å². The molecule has 0 saturated carbocycles. The summed E-state index contributed by atoms with van der Waals surface area (Å²) < 4.78 is 7.71. The van der Waals surface area contributed by atoms with Crippen LogP contribution < -0.4 is 0 Å². The van der Waals surface area contributed by atoms with Gasteiger partial charge in [0, 0.05) is 51.0 Å². The van der Waals surface area contributed by atoms with Crippen molar-refractivity contribution in [3.63, 3.8) is 0 Å². The number of imidazole rings is 1. The van der Waals surface area contributed by atoms with E-state index in [4.69, 9.17) is 4.74 Å². The molecule has 7 nitrogen and oxygen atoms in total. The molecule has 1 amide bonds. The van der Waals surface area contributed by atoms with Crippen LogP contribution in [0.15, 0.2) is 12.4 Å². The average molecular weight is 378 g/mol. The number of hydrogen-bond donors (Lipinski definition) is 0. The average Bonchev–Trinajstić information content (AvgIpc) is 3.16. The third-order valence-electron chi connectivity index (χ3n) is 5.87. The van der Waals surface area contributed by atoms with Crippen molar-refractivity contribution in [1.82, 2.24) is 24.3 Å². The summed E-state index contributed by atoms with van der Waals surface area (Å²) in [5, 5.41) is 0. The molecule has 3 rings (SSSR count). The van der Waals surface area contributed by atoms with Crippen molar-refractivity contribution in [2.75, 3.05) is 60.0 Å². The zero-order chi connectivity index (χ0) is 19.2. The SMILES string of the molecule is CC(C(=O)N1CCC(c2nccn2CCCN(C)C)CC1)N1CCOCC1. The van der Waals surface area contributed by atoms with Crippen LogP contribution in [0.25, 0.3) is 0 Å². The Kier molecular flexibility index (Phi) is 7.26. The summed E-state index contributed by atoms with van der Waals surface area (Å²) in [6.45, 7) is 8.99. The summed E-state index contributed by atoms with van der Waals surface area (Å²) >= 11 is 0. The van der Waals surface area contributed by atoms with E-state index in [0.717, 1.165) is 71.7 Å². The first-order valence-electron chi connectivity index (χ1n) is 10.3. The quantitative estimate of drug-likeness (QED) is 0.716. The molecule has 2 aliphatic heterocycles. The molecule has 1 aromatic heterocycles. The number of aryl methyl sites for hydroxylation is 1. The summed E-state index contributed by atoms with van der Waals surface area (Å²) in [4.78, 5) is 24.0. The second-order valence-electron chi connectivity index (χ2n) is 8.06. The lowest BCUT2D eigenvalue weighted by Crippen LogP contribution is -2.52. The molecule has 2 fully saturated rings. The highest BCUT2D eigenvalue weighted by molar-refractivity contribution is 5.81. The Balaban J connectivity index is 1.50. The van der Waals surface area contributed by atoms with Crippen molar-refractivity contribution >= 4 is 5.91 Å². The van der Waals surface area contributed by atoms with Crippen molar-refractivity contribution in [2.24, 2.45) is 0 Å². The van der Waals surface area contributed by atoms with Gasteiger partial charge < -0.3 is 19.1 Å². The minimum Gasteiger partial charge on any atom is -0.379 e. The van der Waals surface area contributed by atoms with Crippen molar-refractivity contribution in [2.45, 2.75) is 44.7 Å². The fourth-order valence-corrected chi connectivity index (χ4v) is 4.17. The molecule has 1 unspecified atom stereocenters. The van der Waals surface area contributed by atoms with Crippen LogP contribution in [-0.2, 0) is 16.1 Å². The number of likely N-dealkylation sites (tertiary alicyclic amines) is 1. The van der Waals surface area contributed by atoms with Gasteiger partial charge in [-0.15, -0.1) is 0 Å². The van der Waals surface area contributed by atoms with Gasteiger partial charge in [-0.05, 0) is 46.8 Å². The van der Waals surface area contributed by atoms with E-state index in [9.17, 15) is 4.79 Å². The molecular formula is C20H35N5O2. The van der Waals surface area contributed by atoms with E-state index in [1.165, 1.54) is 5.82 Å². The van der Waals surface area contributed by atoms with Crippen molar-refractivity contribution in [3.8, 4) is 0 Å². The van der Waals surface area contributed by atoms with E-state index in [0.29, 0.717) is 5.92 Å². The van der Waals surface area contributed by atoms with E-state index in [1.807, 2.05) is 13.1 Å². The number of carbonyl (C=O) groups excluding carboxylic acids is 1. The minimum atomic E-state index is -0.0431. The Morgan fingerprint density at radius 1 is 1.26 bits per heavy atom. The highest BCUT2D eigenvalue weighted by Gasteiger charge is 2.31. The second kappa shape index (κ2) is 9.66. The predicted octanol–water partition coefficient (Wildman–Crippen LogP) is 1.26. The van der Waals surface area contributed by atoms with E-state index in [-0.39, 0.29) is 11.9 Å². The van der Waals surface area contributed by atoms with Gasteiger partial charge in [0.15, 0.2) is 0 Å². The summed E-state index contributed by atoms with van der Waals surface area (Å²) in [5.41, 5.74) is 0. The Bertz CT molecular complexity index is 589. The third kappa shape index (κ3) is 5.30. The number of hydrogen-bond acceptors (Lipinski definition) is 5. The van der Waals surface area contributed by atoms with Gasteiger partial charge in [0.05, 0.1) is 19.3 Å². The van der Waals surface area contributed by atoms with Gasteiger partial charge in [-0.3, -0.25) is 9.69 Å². The maximum atomic E-state index is 12.9. The monoisotopic (exact) mass is 377 g/mol. The van der Waals surface area contributed by atoms with Crippen LogP contribution in [0.4, 0.5) is 0 Å². The van der Waals surface area contributed by atoms with Gasteiger partial charge in [0.2, 0.25) is 5.91 Å². The number of nitrogens with zero attached hydrogens (tertiary/aromatic N) is 5. The molecule has 2 saturated heterocycles. The van der Waals surface area contributed by atoms with Gasteiger partial charge in [0.1, 0.15) is 5.82 Å². The van der Waals surface area contributed by atoms with Crippen LogP contribution >= 0.6 is 0 Å². The van der Waals surface area contributed by atoms with E-state index < -0.39 is 0 Å². The van der Waals surface area contributed by atoms with E-state index >= 15 is 0 Å². The standard InChI is InChI=1S/C20H35N5O2/c1-17(23-13-15-27-16-14-23)20(26)25-10-5-18(6-11-25)19-21-7-12-24(19)9-4-8-22(2)3/h7,12,17-18H,4-6,8-11,13-16H2,1-3H3. The van der Waals surface area contributed by atoms with E-state index in [2.05, 4.69) is 44.5 Å². The summed E-state index contributed by atoms with van der Waals surface area (Å²) in [7, 11) is 4.22. The van der Waals surface area contributed by atoms with Gasteiger partial charge in [-0.25, -0.2) is 4.98 Å². The van der Waals surface area contributed by atoms with Gasteiger partial charge in [-0.2, -0.15) is 0 Å². The lowest BCUT2D eigenvalue weighted by Gasteiger charge is -2.37. The number of carbonyl (C=O) groups is 1. The maximum Gasteiger partial charge on any atom is 0.239 e. The number of ether oxygens (including phenoxy) is 1. The molecule has 0 N–H and O–H groups in total. The molecule has 1 atom stereocenters. The zero-order valence-electron chi connectivity index (χ0n) is 17.1. The first kappa shape index (κ1) is 20.3. The highest BCUT2D eigenvalue weighted by atomic mass is 16.5. The molecule has 0 spiro atoms. The number of rotatable bonds is 7. The van der Waals surface area contributed by atoms with E-state index in [1.54, 1.807) is 0 Å². The third-order valence-corrected chi connectivity index (χ3v) is 5.87. The van der Waals surface area contributed by atoms with Gasteiger partial charge in [0.25, 0.3) is 0 Å². The molecule has 0 bridgehead atoms.